The van der Waals surface area contributed by atoms with Gasteiger partial charge in [-0.1, -0.05) is 0 Å². The van der Waals surface area contributed by atoms with Gasteiger partial charge in [0.05, 0.1) is 7.11 Å². The molecule has 1 saturated heterocycles. The summed E-state index contributed by atoms with van der Waals surface area (Å²) in [6.45, 7) is 2.42. The number of carbonyl (C=O) groups is 2. The highest BCUT2D eigenvalue weighted by molar-refractivity contribution is 6.01. The van der Waals surface area contributed by atoms with Crippen LogP contribution in [0.15, 0.2) is 22.6 Å². The third-order valence-corrected chi connectivity index (χ3v) is 4.65. The number of aryl methyl sites for hydroxylation is 1. The SMILES string of the molecule is CNC(=O)[C@H]1CCCCN1C(=O)c1oc2ccc(OC)cc2c1C. The molecular formula is C18H22N2O4. The fourth-order valence-corrected chi connectivity index (χ4v) is 3.28. The Morgan fingerprint density at radius 2 is 2.12 bits per heavy atom. The van der Waals surface area contributed by atoms with Crippen molar-refractivity contribution in [3.63, 3.8) is 0 Å². The number of likely N-dealkylation sites (N-methyl/N-ethyl adjacent to an activating group) is 1. The van der Waals surface area contributed by atoms with E-state index in [9.17, 15) is 9.59 Å². The largest absolute Gasteiger partial charge is 0.497 e. The Morgan fingerprint density at radius 1 is 1.33 bits per heavy atom. The van der Waals surface area contributed by atoms with Gasteiger partial charge in [-0.15, -0.1) is 0 Å². The van der Waals surface area contributed by atoms with Crippen LogP contribution in [0, 0.1) is 6.92 Å². The van der Waals surface area contributed by atoms with Crippen LogP contribution < -0.4 is 10.1 Å². The number of likely N-dealkylation sites (tertiary alicyclic amines) is 1. The van der Waals surface area contributed by atoms with Crippen LogP contribution in [0.25, 0.3) is 11.0 Å². The fourth-order valence-electron chi connectivity index (χ4n) is 3.28. The maximum Gasteiger partial charge on any atom is 0.290 e. The molecule has 0 bridgehead atoms. The van der Waals surface area contributed by atoms with Crippen LogP contribution in [0.3, 0.4) is 0 Å². The number of piperidine rings is 1. The highest BCUT2D eigenvalue weighted by Gasteiger charge is 2.34. The van der Waals surface area contributed by atoms with E-state index in [1.807, 2.05) is 13.0 Å². The molecule has 2 heterocycles. The van der Waals surface area contributed by atoms with Gasteiger partial charge in [0.15, 0.2) is 5.76 Å². The number of fused-ring (bicyclic) bond motifs is 1. The summed E-state index contributed by atoms with van der Waals surface area (Å²) in [5, 5.41) is 3.50. The molecule has 1 aliphatic heterocycles. The van der Waals surface area contributed by atoms with Gasteiger partial charge in [0.2, 0.25) is 5.91 Å². The van der Waals surface area contributed by atoms with Crippen LogP contribution in [-0.2, 0) is 4.79 Å². The van der Waals surface area contributed by atoms with Gasteiger partial charge in [0.25, 0.3) is 5.91 Å². The summed E-state index contributed by atoms with van der Waals surface area (Å²) < 4.78 is 11.0. The monoisotopic (exact) mass is 330 g/mol. The number of benzene rings is 1. The maximum atomic E-state index is 13.0. The summed E-state index contributed by atoms with van der Waals surface area (Å²) in [6.07, 6.45) is 2.52. The number of hydrogen-bond acceptors (Lipinski definition) is 4. The summed E-state index contributed by atoms with van der Waals surface area (Å²) in [7, 11) is 3.20. The number of nitrogens with one attached hydrogen (secondary N) is 1. The first-order chi connectivity index (χ1) is 11.6. The number of furan rings is 1. The molecule has 1 aromatic carbocycles. The smallest absolute Gasteiger partial charge is 0.290 e. The molecule has 0 aliphatic carbocycles. The molecule has 1 aliphatic rings. The van der Waals surface area contributed by atoms with E-state index in [0.29, 0.717) is 30.1 Å². The zero-order valence-electron chi connectivity index (χ0n) is 14.2. The average molecular weight is 330 g/mol. The Kier molecular flexibility index (Phi) is 4.46. The first kappa shape index (κ1) is 16.4. The molecule has 1 fully saturated rings. The molecule has 1 atom stereocenters. The molecule has 0 spiro atoms. The molecule has 128 valence electrons. The lowest BCUT2D eigenvalue weighted by atomic mass is 10.0. The highest BCUT2D eigenvalue weighted by Crippen LogP contribution is 2.30. The zero-order valence-corrected chi connectivity index (χ0v) is 14.2. The summed E-state index contributed by atoms with van der Waals surface area (Å²) in [4.78, 5) is 26.7. The van der Waals surface area contributed by atoms with Crippen molar-refractivity contribution in [1.82, 2.24) is 10.2 Å². The van der Waals surface area contributed by atoms with Crippen molar-refractivity contribution in [3.8, 4) is 5.75 Å². The van der Waals surface area contributed by atoms with E-state index < -0.39 is 6.04 Å². The third-order valence-electron chi connectivity index (χ3n) is 4.65. The average Bonchev–Trinajstić information content (AvgIpc) is 2.96. The maximum absolute atomic E-state index is 13.0. The standard InChI is InChI=1S/C18H22N2O4/c1-11-13-10-12(23-3)7-8-15(13)24-16(11)18(22)20-9-5-4-6-14(20)17(21)19-2/h7-8,10,14H,4-6,9H2,1-3H3,(H,19,21)/t14-/m1/s1. The lowest BCUT2D eigenvalue weighted by molar-refractivity contribution is -0.126. The van der Waals surface area contributed by atoms with Gasteiger partial charge >= 0.3 is 0 Å². The Bertz CT molecular complexity index is 781. The van der Waals surface area contributed by atoms with Crippen molar-refractivity contribution in [2.75, 3.05) is 20.7 Å². The molecule has 24 heavy (non-hydrogen) atoms. The van der Waals surface area contributed by atoms with Crippen LogP contribution in [0.2, 0.25) is 0 Å². The van der Waals surface area contributed by atoms with Crippen molar-refractivity contribution >= 4 is 22.8 Å². The topological polar surface area (TPSA) is 71.8 Å². The number of amides is 2. The second kappa shape index (κ2) is 6.55. The minimum absolute atomic E-state index is 0.126. The van der Waals surface area contributed by atoms with Crippen LogP contribution in [0.1, 0.15) is 35.4 Å². The van der Waals surface area contributed by atoms with E-state index in [-0.39, 0.29) is 11.8 Å². The first-order valence-electron chi connectivity index (χ1n) is 8.16. The number of nitrogens with zero attached hydrogens (tertiary/aromatic N) is 1. The third kappa shape index (κ3) is 2.72. The molecule has 0 unspecified atom stereocenters. The van der Waals surface area contributed by atoms with Crippen molar-refractivity contribution < 1.29 is 18.7 Å². The Labute approximate surface area is 140 Å². The van der Waals surface area contributed by atoms with Crippen molar-refractivity contribution in [3.05, 3.63) is 29.5 Å². The second-order valence-electron chi connectivity index (χ2n) is 6.04. The van der Waals surface area contributed by atoms with Gasteiger partial charge in [-0.05, 0) is 44.4 Å². The van der Waals surface area contributed by atoms with Crippen molar-refractivity contribution in [1.29, 1.82) is 0 Å². The van der Waals surface area contributed by atoms with Gasteiger partial charge in [-0.25, -0.2) is 0 Å². The van der Waals surface area contributed by atoms with Crippen molar-refractivity contribution in [2.45, 2.75) is 32.2 Å². The molecule has 3 rings (SSSR count). The summed E-state index contributed by atoms with van der Waals surface area (Å²) >= 11 is 0. The normalized spacial score (nSPS) is 17.8. The molecule has 1 N–H and O–H groups in total. The Morgan fingerprint density at radius 3 is 2.83 bits per heavy atom. The van der Waals surface area contributed by atoms with Gasteiger partial charge in [0.1, 0.15) is 17.4 Å². The van der Waals surface area contributed by atoms with Crippen molar-refractivity contribution in [2.24, 2.45) is 0 Å². The molecule has 0 radical (unpaired) electrons. The van der Waals surface area contributed by atoms with Crippen LogP contribution in [0.4, 0.5) is 0 Å². The first-order valence-corrected chi connectivity index (χ1v) is 8.16. The summed E-state index contributed by atoms with van der Waals surface area (Å²) in [5.41, 5.74) is 1.42. The quantitative estimate of drug-likeness (QED) is 0.938. The number of rotatable bonds is 3. The number of hydrogen-bond donors (Lipinski definition) is 1. The fraction of sp³-hybridized carbons (Fsp3) is 0.444. The summed E-state index contributed by atoms with van der Waals surface area (Å²) in [6, 6.07) is 5.02. The van der Waals surface area contributed by atoms with Gasteiger partial charge in [0, 0.05) is 24.5 Å². The minimum atomic E-state index is -0.432. The molecule has 6 nitrogen and oxygen atoms in total. The van der Waals surface area contributed by atoms with Gasteiger partial charge in [-0.3, -0.25) is 9.59 Å². The van der Waals surface area contributed by atoms with E-state index in [1.54, 1.807) is 31.2 Å². The molecule has 2 amide bonds. The molecular weight excluding hydrogens is 308 g/mol. The van der Waals surface area contributed by atoms with Crippen LogP contribution in [0.5, 0.6) is 5.75 Å². The number of methoxy groups -OCH3 is 1. The second-order valence-corrected chi connectivity index (χ2v) is 6.04. The van der Waals surface area contributed by atoms with E-state index >= 15 is 0 Å². The van der Waals surface area contributed by atoms with Gasteiger partial charge < -0.3 is 19.4 Å². The number of ether oxygens (including phenoxy) is 1. The molecule has 6 heteroatoms. The minimum Gasteiger partial charge on any atom is -0.497 e. The van der Waals surface area contributed by atoms with E-state index in [4.69, 9.17) is 9.15 Å². The Hall–Kier alpha value is -2.50. The van der Waals surface area contributed by atoms with Gasteiger partial charge in [-0.2, -0.15) is 0 Å². The van der Waals surface area contributed by atoms with E-state index in [1.165, 1.54) is 0 Å². The van der Waals surface area contributed by atoms with E-state index in [0.717, 1.165) is 23.8 Å². The van der Waals surface area contributed by atoms with Crippen LogP contribution >= 0.6 is 0 Å². The zero-order chi connectivity index (χ0) is 17.3. The lowest BCUT2D eigenvalue weighted by Crippen LogP contribution is -2.51. The lowest BCUT2D eigenvalue weighted by Gasteiger charge is -2.33. The van der Waals surface area contributed by atoms with E-state index in [2.05, 4.69) is 5.32 Å². The predicted octanol–water partition coefficient (Wildman–Crippen LogP) is 2.49. The van der Waals surface area contributed by atoms with Crippen LogP contribution in [-0.4, -0.2) is 43.5 Å². The molecule has 2 aromatic rings. The highest BCUT2D eigenvalue weighted by atomic mass is 16.5. The number of carbonyl (C=O) groups excluding carboxylic acids is 2. The Balaban J connectivity index is 1.98. The predicted molar refractivity (Wildman–Crippen MR) is 90.2 cm³/mol. The molecule has 1 aromatic heterocycles. The summed E-state index contributed by atoms with van der Waals surface area (Å²) in [5.74, 6) is 0.662. The molecule has 0 saturated carbocycles.